The van der Waals surface area contributed by atoms with Crippen molar-refractivity contribution in [3.8, 4) is 22.4 Å². The molecule has 0 fully saturated rings. The third-order valence-corrected chi connectivity index (χ3v) is 4.41. The van der Waals surface area contributed by atoms with E-state index in [1.54, 1.807) is 18.3 Å². The van der Waals surface area contributed by atoms with Crippen LogP contribution in [0.1, 0.15) is 12.6 Å². The molecule has 0 aliphatic rings. The van der Waals surface area contributed by atoms with Crippen molar-refractivity contribution in [2.45, 2.75) is 13.3 Å². The SMILES string of the molecule is CCc1nn2c(-c3ccc(F)cc3)ccnc2c1-c1cccc(Cl)c1. The Bertz CT molecular complexity index is 1050. The van der Waals surface area contributed by atoms with E-state index >= 15 is 0 Å². The molecule has 3 nitrogen and oxygen atoms in total. The van der Waals surface area contributed by atoms with E-state index in [9.17, 15) is 4.39 Å². The average Bonchev–Trinajstić information content (AvgIpc) is 3.01. The molecule has 0 atom stereocenters. The fourth-order valence-corrected chi connectivity index (χ4v) is 3.21. The Labute approximate surface area is 149 Å². The predicted molar refractivity (Wildman–Crippen MR) is 98.2 cm³/mol. The molecule has 0 radical (unpaired) electrons. The summed E-state index contributed by atoms with van der Waals surface area (Å²) in [5.74, 6) is -0.261. The van der Waals surface area contributed by atoms with E-state index in [-0.39, 0.29) is 5.82 Å². The molecule has 0 spiro atoms. The van der Waals surface area contributed by atoms with Crippen LogP contribution in [0.25, 0.3) is 28.0 Å². The molecule has 5 heteroatoms. The average molecular weight is 352 g/mol. The zero-order valence-corrected chi connectivity index (χ0v) is 14.3. The van der Waals surface area contributed by atoms with E-state index in [0.29, 0.717) is 5.02 Å². The van der Waals surface area contributed by atoms with E-state index in [1.807, 2.05) is 34.8 Å². The van der Waals surface area contributed by atoms with Gasteiger partial charge in [-0.05, 0) is 54.4 Å². The molecule has 0 aliphatic carbocycles. The Hall–Kier alpha value is -2.72. The molecule has 124 valence electrons. The van der Waals surface area contributed by atoms with Gasteiger partial charge in [0.25, 0.3) is 0 Å². The molecular weight excluding hydrogens is 337 g/mol. The normalized spacial score (nSPS) is 11.2. The molecule has 0 saturated carbocycles. The summed E-state index contributed by atoms with van der Waals surface area (Å²) in [6.07, 6.45) is 2.53. The third-order valence-electron chi connectivity index (χ3n) is 4.18. The Morgan fingerprint density at radius 3 is 2.56 bits per heavy atom. The van der Waals surface area contributed by atoms with Gasteiger partial charge in [-0.15, -0.1) is 0 Å². The Balaban J connectivity index is 1.99. The molecule has 4 rings (SSSR count). The Morgan fingerprint density at radius 2 is 1.84 bits per heavy atom. The van der Waals surface area contributed by atoms with E-state index in [2.05, 4.69) is 11.9 Å². The van der Waals surface area contributed by atoms with Gasteiger partial charge in [-0.3, -0.25) is 0 Å². The van der Waals surface area contributed by atoms with Crippen molar-refractivity contribution in [1.29, 1.82) is 0 Å². The van der Waals surface area contributed by atoms with Crippen LogP contribution in [0.3, 0.4) is 0 Å². The summed E-state index contributed by atoms with van der Waals surface area (Å²) < 4.78 is 15.1. The first-order valence-electron chi connectivity index (χ1n) is 8.06. The van der Waals surface area contributed by atoms with Crippen molar-refractivity contribution < 1.29 is 4.39 Å². The van der Waals surface area contributed by atoms with Crippen LogP contribution >= 0.6 is 11.6 Å². The summed E-state index contributed by atoms with van der Waals surface area (Å²) in [5.41, 5.74) is 5.44. The number of benzene rings is 2. The zero-order valence-electron chi connectivity index (χ0n) is 13.6. The van der Waals surface area contributed by atoms with E-state index in [4.69, 9.17) is 16.7 Å². The van der Waals surface area contributed by atoms with Crippen LogP contribution < -0.4 is 0 Å². The number of aromatic nitrogens is 3. The van der Waals surface area contributed by atoms with Gasteiger partial charge in [-0.25, -0.2) is 13.9 Å². The highest BCUT2D eigenvalue weighted by molar-refractivity contribution is 6.30. The van der Waals surface area contributed by atoms with Gasteiger partial charge in [-0.1, -0.05) is 30.7 Å². The molecule has 0 aliphatic heterocycles. The van der Waals surface area contributed by atoms with Crippen molar-refractivity contribution in [2.75, 3.05) is 0 Å². The Kier molecular flexibility index (Phi) is 3.98. The highest BCUT2D eigenvalue weighted by Gasteiger charge is 2.17. The molecule has 2 aromatic heterocycles. The summed E-state index contributed by atoms with van der Waals surface area (Å²) in [7, 11) is 0. The van der Waals surface area contributed by atoms with Crippen LogP contribution in [0.15, 0.2) is 60.8 Å². The zero-order chi connectivity index (χ0) is 17.4. The lowest BCUT2D eigenvalue weighted by Crippen LogP contribution is -1.96. The summed E-state index contributed by atoms with van der Waals surface area (Å²) in [4.78, 5) is 4.54. The van der Waals surface area contributed by atoms with Crippen molar-refractivity contribution in [2.24, 2.45) is 0 Å². The van der Waals surface area contributed by atoms with Gasteiger partial charge in [-0.2, -0.15) is 5.10 Å². The van der Waals surface area contributed by atoms with Gasteiger partial charge in [0.05, 0.1) is 11.4 Å². The highest BCUT2D eigenvalue weighted by atomic mass is 35.5. The number of rotatable bonds is 3. The van der Waals surface area contributed by atoms with Crippen molar-refractivity contribution in [3.63, 3.8) is 0 Å². The van der Waals surface area contributed by atoms with Crippen LogP contribution in [0.4, 0.5) is 4.39 Å². The van der Waals surface area contributed by atoms with Gasteiger partial charge >= 0.3 is 0 Å². The molecule has 0 unspecified atom stereocenters. The maximum atomic E-state index is 13.3. The second-order valence-corrected chi connectivity index (χ2v) is 6.19. The Morgan fingerprint density at radius 1 is 1.04 bits per heavy atom. The minimum Gasteiger partial charge on any atom is -0.236 e. The molecule has 2 aromatic carbocycles. The lowest BCUT2D eigenvalue weighted by Gasteiger charge is -2.05. The first-order valence-corrected chi connectivity index (χ1v) is 8.43. The fraction of sp³-hybridized carbons (Fsp3) is 0.100. The monoisotopic (exact) mass is 351 g/mol. The molecule has 2 heterocycles. The standard InChI is InChI=1S/C20H15ClFN3/c1-2-17-19(14-4-3-5-15(21)12-14)20-23-11-10-18(25(20)24-17)13-6-8-16(22)9-7-13/h3-12H,2H2,1H3. The lowest BCUT2D eigenvalue weighted by molar-refractivity contribution is 0.628. The van der Waals surface area contributed by atoms with Crippen molar-refractivity contribution in [1.82, 2.24) is 14.6 Å². The van der Waals surface area contributed by atoms with Crippen LogP contribution in [0.5, 0.6) is 0 Å². The smallest absolute Gasteiger partial charge is 0.163 e. The predicted octanol–water partition coefficient (Wildman–Crippen LogP) is 5.42. The quantitative estimate of drug-likeness (QED) is 0.493. The van der Waals surface area contributed by atoms with Crippen LogP contribution in [0.2, 0.25) is 5.02 Å². The lowest BCUT2D eigenvalue weighted by atomic mass is 10.0. The van der Waals surface area contributed by atoms with E-state index in [1.165, 1.54) is 12.1 Å². The molecular formula is C20H15ClFN3. The van der Waals surface area contributed by atoms with Crippen LogP contribution in [-0.4, -0.2) is 14.6 Å². The van der Waals surface area contributed by atoms with Gasteiger partial charge < -0.3 is 0 Å². The number of aryl methyl sites for hydroxylation is 1. The molecule has 0 bridgehead atoms. The summed E-state index contributed by atoms with van der Waals surface area (Å²) >= 11 is 6.17. The maximum absolute atomic E-state index is 13.3. The minimum absolute atomic E-state index is 0.261. The van der Waals surface area contributed by atoms with E-state index < -0.39 is 0 Å². The largest absolute Gasteiger partial charge is 0.236 e. The summed E-state index contributed by atoms with van der Waals surface area (Å²) in [6, 6.07) is 16.0. The van der Waals surface area contributed by atoms with E-state index in [0.717, 1.165) is 40.1 Å². The molecule has 0 amide bonds. The molecule has 0 N–H and O–H groups in total. The molecule has 0 saturated heterocycles. The van der Waals surface area contributed by atoms with Crippen LogP contribution in [0, 0.1) is 5.82 Å². The topological polar surface area (TPSA) is 30.2 Å². The second kappa shape index (κ2) is 6.30. The van der Waals surface area contributed by atoms with Crippen LogP contribution in [-0.2, 0) is 6.42 Å². The highest BCUT2D eigenvalue weighted by Crippen LogP contribution is 2.32. The first-order chi connectivity index (χ1) is 12.2. The number of hydrogen-bond donors (Lipinski definition) is 0. The van der Waals surface area contributed by atoms with Gasteiger partial charge in [0, 0.05) is 22.3 Å². The molecule has 4 aromatic rings. The summed E-state index contributed by atoms with van der Waals surface area (Å²) in [5, 5.41) is 5.43. The molecule has 25 heavy (non-hydrogen) atoms. The number of nitrogens with zero attached hydrogens (tertiary/aromatic N) is 3. The number of hydrogen-bond acceptors (Lipinski definition) is 2. The van der Waals surface area contributed by atoms with Gasteiger partial charge in [0.15, 0.2) is 5.65 Å². The summed E-state index contributed by atoms with van der Waals surface area (Å²) in [6.45, 7) is 2.06. The van der Waals surface area contributed by atoms with Gasteiger partial charge in [0.2, 0.25) is 0 Å². The van der Waals surface area contributed by atoms with Gasteiger partial charge in [0.1, 0.15) is 5.82 Å². The number of fused-ring (bicyclic) bond motifs is 1. The van der Waals surface area contributed by atoms with Crippen molar-refractivity contribution in [3.05, 3.63) is 77.3 Å². The first kappa shape index (κ1) is 15.8. The minimum atomic E-state index is -0.261. The van der Waals surface area contributed by atoms with Crippen molar-refractivity contribution >= 4 is 17.2 Å². The maximum Gasteiger partial charge on any atom is 0.163 e. The second-order valence-electron chi connectivity index (χ2n) is 5.76. The third kappa shape index (κ3) is 2.79. The number of halogens is 2. The fourth-order valence-electron chi connectivity index (χ4n) is 3.02.